The van der Waals surface area contributed by atoms with E-state index in [4.69, 9.17) is 4.98 Å². The van der Waals surface area contributed by atoms with E-state index in [1.54, 1.807) is 0 Å². The molecule has 1 N–H and O–H groups in total. The van der Waals surface area contributed by atoms with Crippen molar-refractivity contribution in [3.05, 3.63) is 22.9 Å². The lowest BCUT2D eigenvalue weighted by Gasteiger charge is -2.18. The van der Waals surface area contributed by atoms with Gasteiger partial charge in [0.15, 0.2) is 0 Å². The molecule has 1 fully saturated rings. The summed E-state index contributed by atoms with van der Waals surface area (Å²) in [6.45, 7) is 0.950. The molecule has 0 spiro atoms. The van der Waals surface area contributed by atoms with Crippen LogP contribution in [0.5, 0.6) is 0 Å². The van der Waals surface area contributed by atoms with Gasteiger partial charge in [-0.15, -0.1) is 0 Å². The van der Waals surface area contributed by atoms with E-state index in [1.807, 2.05) is 0 Å². The maximum Gasteiger partial charge on any atom is 0.144 e. The lowest BCUT2D eigenvalue weighted by Crippen LogP contribution is -2.13. The van der Waals surface area contributed by atoms with E-state index in [0.29, 0.717) is 0 Å². The van der Waals surface area contributed by atoms with Crippen LogP contribution in [-0.2, 0) is 12.8 Å². The third kappa shape index (κ3) is 2.95. The van der Waals surface area contributed by atoms with Gasteiger partial charge in [-0.3, -0.25) is 0 Å². The summed E-state index contributed by atoms with van der Waals surface area (Å²) in [5.41, 5.74) is 3.21. The van der Waals surface area contributed by atoms with Crippen LogP contribution in [0.3, 0.4) is 0 Å². The zero-order chi connectivity index (χ0) is 13.8. The summed E-state index contributed by atoms with van der Waals surface area (Å²) in [7, 11) is 0. The smallest absolute Gasteiger partial charge is 0.144 e. The number of fused-ring (bicyclic) bond motifs is 1. The summed E-state index contributed by atoms with van der Waals surface area (Å²) in [5, 5.41) is 12.7. The van der Waals surface area contributed by atoms with Gasteiger partial charge in [0.25, 0.3) is 0 Å². The minimum absolute atomic E-state index is 0.720. The second-order valence-electron chi connectivity index (χ2n) is 6.18. The molecule has 2 aliphatic carbocycles. The molecule has 3 heteroatoms. The van der Waals surface area contributed by atoms with Crippen LogP contribution in [0.4, 0.5) is 5.82 Å². The van der Waals surface area contributed by atoms with Crippen LogP contribution in [-0.4, -0.2) is 11.5 Å². The van der Waals surface area contributed by atoms with Crippen molar-refractivity contribution in [2.75, 3.05) is 11.9 Å². The molecular weight excluding hydrogens is 246 g/mol. The Labute approximate surface area is 121 Å². The van der Waals surface area contributed by atoms with Gasteiger partial charge in [-0.25, -0.2) is 4.98 Å². The number of nitriles is 1. The summed E-state index contributed by atoms with van der Waals surface area (Å²) in [4.78, 5) is 4.71. The number of nitrogens with one attached hydrogen (secondary N) is 1. The Morgan fingerprint density at radius 2 is 2.00 bits per heavy atom. The predicted molar refractivity (Wildman–Crippen MR) is 80.7 cm³/mol. The molecular formula is C17H23N3. The van der Waals surface area contributed by atoms with Gasteiger partial charge < -0.3 is 5.32 Å². The number of pyridine rings is 1. The molecule has 0 aromatic carbocycles. The van der Waals surface area contributed by atoms with Gasteiger partial charge in [0.2, 0.25) is 0 Å². The minimum Gasteiger partial charge on any atom is -0.369 e. The van der Waals surface area contributed by atoms with Crippen molar-refractivity contribution in [1.82, 2.24) is 4.98 Å². The molecule has 106 valence electrons. The average Bonchev–Trinajstić information content (AvgIpc) is 3.00. The number of aryl methyl sites for hydroxylation is 2. The van der Waals surface area contributed by atoms with Crippen LogP contribution in [0.15, 0.2) is 6.07 Å². The summed E-state index contributed by atoms with van der Waals surface area (Å²) in [5.74, 6) is 1.69. The quantitative estimate of drug-likeness (QED) is 0.903. The first-order chi connectivity index (χ1) is 9.86. The van der Waals surface area contributed by atoms with Crippen LogP contribution < -0.4 is 5.32 Å². The van der Waals surface area contributed by atoms with E-state index in [0.717, 1.165) is 36.7 Å². The van der Waals surface area contributed by atoms with Gasteiger partial charge in [0.05, 0.1) is 5.56 Å². The standard InChI is InChI=1S/C17H23N3/c18-12-15-11-14-7-3-4-8-16(14)20-17(15)19-10-9-13-5-1-2-6-13/h11,13H,1-10H2,(H,19,20). The molecule has 1 aromatic rings. The van der Waals surface area contributed by atoms with E-state index in [9.17, 15) is 5.26 Å². The van der Waals surface area contributed by atoms with Crippen molar-refractivity contribution < 1.29 is 0 Å². The molecule has 0 amide bonds. The summed E-state index contributed by atoms with van der Waals surface area (Å²) >= 11 is 0. The highest BCUT2D eigenvalue weighted by Crippen LogP contribution is 2.28. The summed E-state index contributed by atoms with van der Waals surface area (Å²) < 4.78 is 0. The van der Waals surface area contributed by atoms with Crippen molar-refractivity contribution in [3.8, 4) is 6.07 Å². The van der Waals surface area contributed by atoms with Crippen molar-refractivity contribution in [2.45, 2.75) is 57.8 Å². The fourth-order valence-corrected chi connectivity index (χ4v) is 3.55. The number of anilines is 1. The van der Waals surface area contributed by atoms with Crippen molar-refractivity contribution in [1.29, 1.82) is 5.26 Å². The van der Waals surface area contributed by atoms with E-state index in [-0.39, 0.29) is 0 Å². The Balaban J connectivity index is 1.66. The van der Waals surface area contributed by atoms with Gasteiger partial charge >= 0.3 is 0 Å². The van der Waals surface area contributed by atoms with Crippen LogP contribution in [0, 0.1) is 17.2 Å². The third-order valence-corrected chi connectivity index (χ3v) is 4.74. The van der Waals surface area contributed by atoms with Gasteiger partial charge in [-0.05, 0) is 49.7 Å². The number of hydrogen-bond acceptors (Lipinski definition) is 3. The fraction of sp³-hybridized carbons (Fsp3) is 0.647. The molecule has 1 heterocycles. The van der Waals surface area contributed by atoms with Crippen molar-refractivity contribution >= 4 is 5.82 Å². The molecule has 0 saturated heterocycles. The highest BCUT2D eigenvalue weighted by molar-refractivity contribution is 5.54. The Bertz CT molecular complexity index is 510. The summed E-state index contributed by atoms with van der Waals surface area (Å²) in [6.07, 6.45) is 11.4. The molecule has 0 atom stereocenters. The molecule has 1 saturated carbocycles. The second-order valence-corrected chi connectivity index (χ2v) is 6.18. The first-order valence-electron chi connectivity index (χ1n) is 8.03. The van der Waals surface area contributed by atoms with E-state index >= 15 is 0 Å². The Morgan fingerprint density at radius 3 is 2.80 bits per heavy atom. The van der Waals surface area contributed by atoms with Gasteiger partial charge in [-0.1, -0.05) is 25.7 Å². The number of nitrogens with zero attached hydrogens (tertiary/aromatic N) is 2. The number of hydrogen-bond donors (Lipinski definition) is 1. The second kappa shape index (κ2) is 6.26. The molecule has 0 radical (unpaired) electrons. The largest absolute Gasteiger partial charge is 0.369 e. The SMILES string of the molecule is N#Cc1cc2c(nc1NCCC1CCCC1)CCCC2. The zero-order valence-electron chi connectivity index (χ0n) is 12.1. The fourth-order valence-electron chi connectivity index (χ4n) is 3.55. The predicted octanol–water partition coefficient (Wildman–Crippen LogP) is 3.82. The zero-order valence-corrected chi connectivity index (χ0v) is 12.1. The van der Waals surface area contributed by atoms with Crippen LogP contribution in [0.2, 0.25) is 0 Å². The van der Waals surface area contributed by atoms with E-state index in [2.05, 4.69) is 17.5 Å². The lowest BCUT2D eigenvalue weighted by molar-refractivity contribution is 0.518. The van der Waals surface area contributed by atoms with Gasteiger partial charge in [0.1, 0.15) is 11.9 Å². The van der Waals surface area contributed by atoms with Gasteiger partial charge in [-0.2, -0.15) is 5.26 Å². The van der Waals surface area contributed by atoms with E-state index < -0.39 is 0 Å². The molecule has 2 aliphatic rings. The molecule has 1 aromatic heterocycles. The minimum atomic E-state index is 0.720. The van der Waals surface area contributed by atoms with Crippen LogP contribution >= 0.6 is 0 Å². The molecule has 0 bridgehead atoms. The summed E-state index contributed by atoms with van der Waals surface area (Å²) in [6, 6.07) is 4.35. The molecule has 0 unspecified atom stereocenters. The van der Waals surface area contributed by atoms with E-state index in [1.165, 1.54) is 56.2 Å². The molecule has 3 nitrogen and oxygen atoms in total. The van der Waals surface area contributed by atoms with Crippen molar-refractivity contribution in [2.24, 2.45) is 5.92 Å². The lowest BCUT2D eigenvalue weighted by atomic mass is 9.95. The Kier molecular flexibility index (Phi) is 4.20. The topological polar surface area (TPSA) is 48.7 Å². The monoisotopic (exact) mass is 269 g/mol. The highest BCUT2D eigenvalue weighted by Gasteiger charge is 2.17. The third-order valence-electron chi connectivity index (χ3n) is 4.74. The molecule has 20 heavy (non-hydrogen) atoms. The van der Waals surface area contributed by atoms with Crippen LogP contribution in [0.1, 0.15) is 61.8 Å². The molecule has 3 rings (SSSR count). The average molecular weight is 269 g/mol. The molecule has 0 aliphatic heterocycles. The first kappa shape index (κ1) is 13.4. The Hall–Kier alpha value is -1.56. The highest BCUT2D eigenvalue weighted by atomic mass is 15.0. The number of rotatable bonds is 4. The maximum atomic E-state index is 9.30. The first-order valence-corrected chi connectivity index (χ1v) is 8.03. The van der Waals surface area contributed by atoms with Crippen LogP contribution in [0.25, 0.3) is 0 Å². The maximum absolute atomic E-state index is 9.30. The van der Waals surface area contributed by atoms with Gasteiger partial charge in [0, 0.05) is 12.2 Å². The van der Waals surface area contributed by atoms with Crippen molar-refractivity contribution in [3.63, 3.8) is 0 Å². The Morgan fingerprint density at radius 1 is 1.20 bits per heavy atom. The number of aromatic nitrogens is 1. The normalized spacial score (nSPS) is 18.6.